The fourth-order valence-corrected chi connectivity index (χ4v) is 3.38. The van der Waals surface area contributed by atoms with Crippen LogP contribution in [0.25, 0.3) is 5.69 Å². The van der Waals surface area contributed by atoms with Crippen molar-refractivity contribution in [3.63, 3.8) is 0 Å². The Kier molecular flexibility index (Phi) is 4.63. The van der Waals surface area contributed by atoms with E-state index in [1.165, 1.54) is 4.80 Å². The first-order chi connectivity index (χ1) is 11.1. The minimum atomic E-state index is -0.0678. The van der Waals surface area contributed by atoms with Crippen molar-refractivity contribution < 1.29 is 4.79 Å². The quantitative estimate of drug-likeness (QED) is 0.933. The number of carbonyl (C=O) groups is 1. The summed E-state index contributed by atoms with van der Waals surface area (Å²) in [5.41, 5.74) is 7.04. The molecule has 1 aromatic carbocycles. The van der Waals surface area contributed by atoms with E-state index in [1.54, 1.807) is 30.6 Å². The highest BCUT2D eigenvalue weighted by molar-refractivity contribution is 6.31. The Hall–Kier alpha value is -1.92. The van der Waals surface area contributed by atoms with Gasteiger partial charge in [-0.05, 0) is 37.0 Å². The van der Waals surface area contributed by atoms with Crippen LogP contribution in [0.3, 0.4) is 0 Å². The molecular weight excluding hydrogens is 314 g/mol. The fourth-order valence-electron chi connectivity index (χ4n) is 3.21. The summed E-state index contributed by atoms with van der Waals surface area (Å²) in [5, 5.41) is 8.76. The highest BCUT2D eigenvalue weighted by Crippen LogP contribution is 2.27. The predicted molar refractivity (Wildman–Crippen MR) is 88.6 cm³/mol. The molecule has 1 amide bonds. The maximum atomic E-state index is 13.1. The predicted octanol–water partition coefficient (Wildman–Crippen LogP) is 2.12. The maximum Gasteiger partial charge on any atom is 0.256 e. The number of benzene rings is 1. The summed E-state index contributed by atoms with van der Waals surface area (Å²) in [6.45, 7) is 3.32. The number of halogens is 1. The molecule has 1 aliphatic rings. The van der Waals surface area contributed by atoms with Crippen molar-refractivity contribution in [1.29, 1.82) is 0 Å². The molecule has 1 aromatic heterocycles. The van der Waals surface area contributed by atoms with Crippen LogP contribution in [0.4, 0.5) is 0 Å². The molecule has 6 nitrogen and oxygen atoms in total. The molecule has 0 bridgehead atoms. The van der Waals surface area contributed by atoms with Crippen LogP contribution in [0.2, 0.25) is 5.02 Å². The number of nitrogens with two attached hydrogens (primary N) is 1. The largest absolute Gasteiger partial charge is 0.334 e. The number of rotatable bonds is 3. The van der Waals surface area contributed by atoms with E-state index in [0.29, 0.717) is 35.3 Å². The topological polar surface area (TPSA) is 77.0 Å². The number of hydrogen-bond donors (Lipinski definition) is 1. The van der Waals surface area contributed by atoms with Crippen molar-refractivity contribution in [2.75, 3.05) is 13.1 Å². The number of likely N-dealkylation sites (tertiary alicyclic amines) is 1. The number of amides is 1. The molecule has 7 heteroatoms. The molecule has 0 spiro atoms. The third-order valence-corrected chi connectivity index (χ3v) is 4.68. The van der Waals surface area contributed by atoms with Crippen molar-refractivity contribution in [2.24, 2.45) is 11.7 Å². The third-order valence-electron chi connectivity index (χ3n) is 4.44. The molecule has 0 saturated carbocycles. The molecule has 1 aliphatic heterocycles. The zero-order valence-corrected chi connectivity index (χ0v) is 13.8. The molecule has 0 radical (unpaired) electrons. The summed E-state index contributed by atoms with van der Waals surface area (Å²) in [6, 6.07) is 5.22. The molecule has 1 saturated heterocycles. The summed E-state index contributed by atoms with van der Waals surface area (Å²) < 4.78 is 0. The van der Waals surface area contributed by atoms with Gasteiger partial charge in [0.15, 0.2) is 0 Å². The van der Waals surface area contributed by atoms with Crippen LogP contribution in [0, 0.1) is 5.92 Å². The van der Waals surface area contributed by atoms with Gasteiger partial charge in [0.1, 0.15) is 0 Å². The Morgan fingerprint density at radius 2 is 2.13 bits per heavy atom. The average molecular weight is 334 g/mol. The minimum Gasteiger partial charge on any atom is -0.334 e. The molecule has 2 atom stereocenters. The highest BCUT2D eigenvalue weighted by Gasteiger charge is 2.32. The molecule has 122 valence electrons. The SMILES string of the molecule is C[C@@H]1CCCN(C(=O)c2cc(Cl)ccc2-n2nccn2)[C@@H]1CN. The van der Waals surface area contributed by atoms with Crippen molar-refractivity contribution in [2.45, 2.75) is 25.8 Å². The molecule has 23 heavy (non-hydrogen) atoms. The van der Waals surface area contributed by atoms with Crippen LogP contribution in [-0.2, 0) is 0 Å². The molecule has 2 N–H and O–H groups in total. The zero-order valence-electron chi connectivity index (χ0n) is 13.0. The van der Waals surface area contributed by atoms with Crippen molar-refractivity contribution in [1.82, 2.24) is 19.9 Å². The number of carbonyl (C=O) groups excluding carboxylic acids is 1. The van der Waals surface area contributed by atoms with Crippen molar-refractivity contribution >= 4 is 17.5 Å². The van der Waals surface area contributed by atoms with E-state index in [1.807, 2.05) is 4.90 Å². The molecule has 0 unspecified atom stereocenters. The van der Waals surface area contributed by atoms with Crippen molar-refractivity contribution in [3.05, 3.63) is 41.2 Å². The third kappa shape index (κ3) is 3.09. The number of aromatic nitrogens is 3. The first-order valence-corrected chi connectivity index (χ1v) is 8.17. The smallest absolute Gasteiger partial charge is 0.256 e. The van der Waals surface area contributed by atoms with Crippen LogP contribution in [-0.4, -0.2) is 44.9 Å². The second-order valence-electron chi connectivity index (χ2n) is 5.90. The van der Waals surface area contributed by atoms with E-state index < -0.39 is 0 Å². The second kappa shape index (κ2) is 6.68. The number of nitrogens with zero attached hydrogens (tertiary/aromatic N) is 4. The minimum absolute atomic E-state index is 0.0497. The lowest BCUT2D eigenvalue weighted by atomic mass is 9.90. The lowest BCUT2D eigenvalue weighted by Gasteiger charge is -2.39. The summed E-state index contributed by atoms with van der Waals surface area (Å²) in [6.07, 6.45) is 5.23. The molecular formula is C16H20ClN5O. The summed E-state index contributed by atoms with van der Waals surface area (Å²) in [4.78, 5) is 16.4. The zero-order chi connectivity index (χ0) is 16.4. The number of hydrogen-bond acceptors (Lipinski definition) is 4. The average Bonchev–Trinajstić information content (AvgIpc) is 3.08. The molecule has 3 rings (SSSR count). The summed E-state index contributed by atoms with van der Waals surface area (Å²) in [5.74, 6) is 0.324. The van der Waals surface area contributed by atoms with E-state index in [-0.39, 0.29) is 11.9 Å². The van der Waals surface area contributed by atoms with E-state index in [4.69, 9.17) is 17.3 Å². The van der Waals surface area contributed by atoms with Gasteiger partial charge in [-0.25, -0.2) is 0 Å². The molecule has 2 heterocycles. The Bertz CT molecular complexity index is 688. The van der Waals surface area contributed by atoms with Gasteiger partial charge < -0.3 is 10.6 Å². The van der Waals surface area contributed by atoms with Gasteiger partial charge in [-0.1, -0.05) is 18.5 Å². The first-order valence-electron chi connectivity index (χ1n) is 7.79. The van der Waals surface area contributed by atoms with Gasteiger partial charge >= 0.3 is 0 Å². The molecule has 1 fully saturated rings. The van der Waals surface area contributed by atoms with Gasteiger partial charge in [0, 0.05) is 24.2 Å². The van der Waals surface area contributed by atoms with Crippen molar-refractivity contribution in [3.8, 4) is 5.69 Å². The van der Waals surface area contributed by atoms with E-state index in [2.05, 4.69) is 17.1 Å². The van der Waals surface area contributed by atoms with Crippen LogP contribution in [0.15, 0.2) is 30.6 Å². The van der Waals surface area contributed by atoms with E-state index in [0.717, 1.165) is 12.8 Å². The Labute approximate surface area is 140 Å². The lowest BCUT2D eigenvalue weighted by molar-refractivity contribution is 0.0532. The van der Waals surface area contributed by atoms with Gasteiger partial charge in [0.2, 0.25) is 0 Å². The van der Waals surface area contributed by atoms with Gasteiger partial charge in [-0.2, -0.15) is 15.0 Å². The normalized spacial score (nSPS) is 21.4. The first kappa shape index (κ1) is 16.0. The van der Waals surface area contributed by atoms with Crippen LogP contribution < -0.4 is 5.73 Å². The monoisotopic (exact) mass is 333 g/mol. The summed E-state index contributed by atoms with van der Waals surface area (Å²) in [7, 11) is 0. The van der Waals surface area contributed by atoms with E-state index >= 15 is 0 Å². The Morgan fingerprint density at radius 3 is 2.83 bits per heavy atom. The van der Waals surface area contributed by atoms with Gasteiger partial charge in [-0.3, -0.25) is 4.79 Å². The fraction of sp³-hybridized carbons (Fsp3) is 0.438. The van der Waals surface area contributed by atoms with Gasteiger partial charge in [-0.15, -0.1) is 0 Å². The van der Waals surface area contributed by atoms with Crippen LogP contribution in [0.1, 0.15) is 30.1 Å². The highest BCUT2D eigenvalue weighted by atomic mass is 35.5. The number of piperidine rings is 1. The lowest BCUT2D eigenvalue weighted by Crippen LogP contribution is -2.51. The maximum absolute atomic E-state index is 13.1. The van der Waals surface area contributed by atoms with Gasteiger partial charge in [0.25, 0.3) is 5.91 Å². The Balaban J connectivity index is 2.00. The standard InChI is InChI=1S/C16H20ClN5O/c1-11-3-2-8-21(15(11)10-18)16(23)13-9-12(17)4-5-14(13)22-19-6-7-20-22/h4-7,9,11,15H,2-3,8,10,18H2,1H3/t11-,15-/m1/s1. The Morgan fingerprint density at radius 1 is 1.39 bits per heavy atom. The van der Waals surface area contributed by atoms with Crippen LogP contribution >= 0.6 is 11.6 Å². The van der Waals surface area contributed by atoms with Gasteiger partial charge in [0.05, 0.1) is 23.6 Å². The molecule has 2 aromatic rings. The summed E-state index contributed by atoms with van der Waals surface area (Å²) >= 11 is 6.11. The van der Waals surface area contributed by atoms with Crippen LogP contribution in [0.5, 0.6) is 0 Å². The molecule has 0 aliphatic carbocycles. The second-order valence-corrected chi connectivity index (χ2v) is 6.34. The van der Waals surface area contributed by atoms with E-state index in [9.17, 15) is 4.79 Å².